The first-order chi connectivity index (χ1) is 16.7. The molecule has 0 aliphatic heterocycles. The van der Waals surface area contributed by atoms with Crippen LogP contribution in [0.3, 0.4) is 0 Å². The number of esters is 1. The number of carbonyl (C=O) groups is 1. The van der Waals surface area contributed by atoms with Crippen LogP contribution in [0.15, 0.2) is 91.0 Å². The molecule has 0 bridgehead atoms. The van der Waals surface area contributed by atoms with Gasteiger partial charge >= 0.3 is 5.97 Å². The largest absolute Gasteiger partial charge is 0.466 e. The van der Waals surface area contributed by atoms with Crippen molar-refractivity contribution in [3.8, 4) is 0 Å². The van der Waals surface area contributed by atoms with Crippen molar-refractivity contribution >= 4 is 29.1 Å². The summed E-state index contributed by atoms with van der Waals surface area (Å²) in [5.74, 6) is -0.168. The fourth-order valence-electron chi connectivity index (χ4n) is 4.79. The van der Waals surface area contributed by atoms with Crippen molar-refractivity contribution in [1.82, 2.24) is 0 Å². The van der Waals surface area contributed by atoms with Crippen LogP contribution in [0.2, 0.25) is 0 Å². The number of benzene rings is 3. The second kappa shape index (κ2) is 14.7. The number of carbonyl (C=O) groups excluding carboxylic acids is 1. The van der Waals surface area contributed by atoms with Gasteiger partial charge in [-0.25, -0.2) is 0 Å². The maximum atomic E-state index is 10.8. The summed E-state index contributed by atoms with van der Waals surface area (Å²) in [7, 11) is -1.67. The van der Waals surface area contributed by atoms with E-state index in [0.29, 0.717) is 6.61 Å². The van der Waals surface area contributed by atoms with Crippen LogP contribution in [0.4, 0.5) is 0 Å². The molecule has 0 aliphatic rings. The molecule has 0 heterocycles. The van der Waals surface area contributed by atoms with Crippen LogP contribution in [0.25, 0.3) is 0 Å². The van der Waals surface area contributed by atoms with Crippen LogP contribution in [0.5, 0.6) is 0 Å². The second-order valence-corrected chi connectivity index (χ2v) is 12.7. The molecule has 34 heavy (non-hydrogen) atoms. The van der Waals surface area contributed by atoms with Crippen molar-refractivity contribution in [2.24, 2.45) is 0 Å². The summed E-state index contributed by atoms with van der Waals surface area (Å²) in [6.07, 6.45) is 12.4. The second-order valence-electron chi connectivity index (χ2n) is 9.06. The predicted octanol–water partition coefficient (Wildman–Crippen LogP) is 7.05. The number of unbranched alkanes of at least 4 members (excludes halogenated alkanes) is 8. The van der Waals surface area contributed by atoms with Crippen molar-refractivity contribution in [2.75, 3.05) is 12.8 Å². The first-order valence-corrected chi connectivity index (χ1v) is 14.9. The van der Waals surface area contributed by atoms with Gasteiger partial charge in [-0.05, 0) is 55.7 Å². The minimum Gasteiger partial charge on any atom is -0.466 e. The minimum atomic E-state index is -1.67. The third kappa shape index (κ3) is 7.81. The zero-order chi connectivity index (χ0) is 23.9. The summed E-state index contributed by atoms with van der Waals surface area (Å²) in [4.78, 5) is 10.8. The third-order valence-electron chi connectivity index (χ3n) is 6.53. The Morgan fingerprint density at radius 1 is 0.559 bits per heavy atom. The predicted molar refractivity (Wildman–Crippen MR) is 148 cm³/mol. The lowest BCUT2D eigenvalue weighted by atomic mass is 10.1. The lowest BCUT2D eigenvalue weighted by Gasteiger charge is -2.27. The van der Waals surface area contributed by atoms with E-state index in [4.69, 9.17) is 4.74 Å². The van der Waals surface area contributed by atoms with E-state index >= 15 is 0 Å². The van der Waals surface area contributed by atoms with Gasteiger partial charge in [0.15, 0.2) is 0 Å². The molecule has 0 spiro atoms. The van der Waals surface area contributed by atoms with E-state index in [-0.39, 0.29) is 5.97 Å². The van der Waals surface area contributed by atoms with Gasteiger partial charge in [-0.1, -0.05) is 93.1 Å². The van der Waals surface area contributed by atoms with Gasteiger partial charge in [-0.15, -0.1) is 0 Å². The summed E-state index contributed by atoms with van der Waals surface area (Å²) < 4.78 is 5.00. The summed E-state index contributed by atoms with van der Waals surface area (Å²) in [5.41, 5.74) is 0. The third-order valence-corrected chi connectivity index (χ3v) is 11.1. The maximum absolute atomic E-state index is 10.8. The van der Waals surface area contributed by atoms with Gasteiger partial charge in [0, 0.05) is 6.92 Å². The van der Waals surface area contributed by atoms with Gasteiger partial charge in [-0.2, -0.15) is 0 Å². The quantitative estimate of drug-likeness (QED) is 0.134. The average Bonchev–Trinajstić information content (AvgIpc) is 2.88. The lowest BCUT2D eigenvalue weighted by molar-refractivity contribution is -0.141. The van der Waals surface area contributed by atoms with Gasteiger partial charge in [-0.3, -0.25) is 4.79 Å². The molecule has 0 saturated heterocycles. The van der Waals surface area contributed by atoms with Crippen LogP contribution < -0.4 is 15.9 Å². The first-order valence-electron chi connectivity index (χ1n) is 12.9. The van der Waals surface area contributed by atoms with Crippen molar-refractivity contribution in [2.45, 2.75) is 64.7 Å². The Kier molecular flexibility index (Phi) is 11.3. The molecule has 0 aliphatic carbocycles. The van der Waals surface area contributed by atoms with Gasteiger partial charge < -0.3 is 4.74 Å². The first kappa shape index (κ1) is 26.2. The van der Waals surface area contributed by atoms with Crippen molar-refractivity contribution in [3.05, 3.63) is 91.0 Å². The lowest BCUT2D eigenvalue weighted by Crippen LogP contribution is -2.33. The van der Waals surface area contributed by atoms with Crippen molar-refractivity contribution in [1.29, 1.82) is 0 Å². The Morgan fingerprint density at radius 2 is 0.912 bits per heavy atom. The molecule has 180 valence electrons. The summed E-state index contributed by atoms with van der Waals surface area (Å²) in [5, 5.41) is 4.46. The number of rotatable bonds is 15. The number of hydrogen-bond acceptors (Lipinski definition) is 2. The van der Waals surface area contributed by atoms with Crippen molar-refractivity contribution in [3.63, 3.8) is 0 Å². The highest BCUT2D eigenvalue weighted by molar-refractivity contribution is 7.95. The van der Waals surface area contributed by atoms with E-state index in [1.165, 1.54) is 73.9 Å². The van der Waals surface area contributed by atoms with E-state index < -0.39 is 7.26 Å². The smallest absolute Gasteiger partial charge is 0.302 e. The van der Waals surface area contributed by atoms with E-state index in [1.807, 2.05) is 0 Å². The van der Waals surface area contributed by atoms with E-state index in [9.17, 15) is 4.79 Å². The SMILES string of the molecule is CC(=O)OCCCCCCCCCCC[P+](c1ccccc1)(c1ccccc1)c1ccccc1. The van der Waals surface area contributed by atoms with Gasteiger partial charge in [0.1, 0.15) is 23.2 Å². The molecular weight excluding hydrogens is 435 g/mol. The zero-order valence-electron chi connectivity index (χ0n) is 20.7. The molecule has 3 aromatic rings. The van der Waals surface area contributed by atoms with Gasteiger partial charge in [0.05, 0.1) is 12.8 Å². The Hall–Kier alpha value is -2.44. The molecule has 0 amide bonds. The molecule has 3 aromatic carbocycles. The molecule has 0 aromatic heterocycles. The molecular formula is C31H40O2P+. The van der Waals surface area contributed by atoms with Crippen LogP contribution in [-0.2, 0) is 9.53 Å². The average molecular weight is 476 g/mol. The molecule has 0 fully saturated rings. The number of ether oxygens (including phenoxy) is 1. The summed E-state index contributed by atoms with van der Waals surface area (Å²) in [6, 6.07) is 33.6. The molecule has 0 unspecified atom stereocenters. The van der Waals surface area contributed by atoms with Gasteiger partial charge in [0.2, 0.25) is 0 Å². The highest BCUT2D eigenvalue weighted by atomic mass is 31.2. The molecule has 2 nitrogen and oxygen atoms in total. The van der Waals surface area contributed by atoms with Gasteiger partial charge in [0.25, 0.3) is 0 Å². The summed E-state index contributed by atoms with van der Waals surface area (Å²) >= 11 is 0. The fraction of sp³-hybridized carbons (Fsp3) is 0.387. The molecule has 0 atom stereocenters. The van der Waals surface area contributed by atoms with Crippen LogP contribution in [0, 0.1) is 0 Å². The standard InChI is InChI=1S/C31H40O2P/c1-28(32)33-26-18-7-5-3-2-4-6-8-19-27-34(29-20-12-9-13-21-29,30-22-14-10-15-23-30)31-24-16-11-17-25-31/h9-17,20-25H,2-8,18-19,26-27H2,1H3/q+1. The molecule has 0 radical (unpaired) electrons. The monoisotopic (exact) mass is 475 g/mol. The van der Waals surface area contributed by atoms with Crippen LogP contribution >= 0.6 is 7.26 Å². The Bertz CT molecular complexity index is 844. The fourth-order valence-corrected chi connectivity index (χ4v) is 9.20. The highest BCUT2D eigenvalue weighted by Gasteiger charge is 2.44. The Labute approximate surface area is 207 Å². The minimum absolute atomic E-state index is 0.168. The Morgan fingerprint density at radius 3 is 1.29 bits per heavy atom. The summed E-state index contributed by atoms with van der Waals surface area (Å²) in [6.45, 7) is 2.05. The number of hydrogen-bond donors (Lipinski definition) is 0. The van der Waals surface area contributed by atoms with E-state index in [0.717, 1.165) is 12.8 Å². The van der Waals surface area contributed by atoms with Crippen molar-refractivity contribution < 1.29 is 9.53 Å². The molecule has 3 rings (SSSR count). The highest BCUT2D eigenvalue weighted by Crippen LogP contribution is 2.55. The zero-order valence-corrected chi connectivity index (χ0v) is 21.6. The topological polar surface area (TPSA) is 26.3 Å². The van der Waals surface area contributed by atoms with Crippen LogP contribution in [-0.4, -0.2) is 18.7 Å². The molecule has 0 N–H and O–H groups in total. The molecule has 0 saturated carbocycles. The van der Waals surface area contributed by atoms with E-state index in [1.54, 1.807) is 0 Å². The maximum Gasteiger partial charge on any atom is 0.302 e. The van der Waals surface area contributed by atoms with Crippen LogP contribution in [0.1, 0.15) is 64.7 Å². The normalized spacial score (nSPS) is 11.3. The van der Waals surface area contributed by atoms with E-state index in [2.05, 4.69) is 91.0 Å². The molecule has 3 heteroatoms. The Balaban J connectivity index is 1.55.